The van der Waals surface area contributed by atoms with Crippen molar-refractivity contribution in [2.75, 3.05) is 19.6 Å². The van der Waals surface area contributed by atoms with Gasteiger partial charge in [-0.05, 0) is 18.4 Å². The molecule has 1 aliphatic heterocycles. The predicted molar refractivity (Wildman–Crippen MR) is 54.2 cm³/mol. The molecule has 0 saturated carbocycles. The second kappa shape index (κ2) is 4.08. The topological polar surface area (TPSA) is 3.24 Å². The Kier molecular flexibility index (Phi) is 3.33. The van der Waals surface area contributed by atoms with Crippen LogP contribution in [0, 0.1) is 11.8 Å². The van der Waals surface area contributed by atoms with Crippen molar-refractivity contribution in [2.45, 2.75) is 27.7 Å². The van der Waals surface area contributed by atoms with E-state index < -0.39 is 0 Å². The largest absolute Gasteiger partial charge is 0.299 e. The molecule has 1 heterocycles. The van der Waals surface area contributed by atoms with Gasteiger partial charge in [0.2, 0.25) is 0 Å². The Bertz CT molecular complexity index is 170. The van der Waals surface area contributed by atoms with Crippen LogP contribution in [0.2, 0.25) is 0 Å². The predicted octanol–water partition coefficient (Wildman–Crippen LogP) is 2.54. The van der Waals surface area contributed by atoms with Crippen molar-refractivity contribution in [3.8, 4) is 0 Å². The van der Waals surface area contributed by atoms with Gasteiger partial charge in [0.15, 0.2) is 0 Å². The highest BCUT2D eigenvalue weighted by Crippen LogP contribution is 2.23. The van der Waals surface area contributed by atoms with Gasteiger partial charge in [0, 0.05) is 13.1 Å². The SMILES string of the molecule is CCN1CC=C(C(C)C)C(C)C1. The highest BCUT2D eigenvalue weighted by molar-refractivity contribution is 5.13. The lowest BCUT2D eigenvalue weighted by atomic mass is 9.88. The van der Waals surface area contributed by atoms with E-state index in [-0.39, 0.29) is 0 Å². The van der Waals surface area contributed by atoms with Crippen LogP contribution in [-0.4, -0.2) is 24.5 Å². The molecule has 0 fully saturated rings. The average Bonchev–Trinajstić information content (AvgIpc) is 2.03. The summed E-state index contributed by atoms with van der Waals surface area (Å²) in [6.07, 6.45) is 2.42. The van der Waals surface area contributed by atoms with Crippen molar-refractivity contribution >= 4 is 0 Å². The first-order valence-electron chi connectivity index (χ1n) is 5.07. The Hall–Kier alpha value is -0.300. The molecule has 70 valence electrons. The van der Waals surface area contributed by atoms with E-state index in [0.29, 0.717) is 0 Å². The molecule has 0 N–H and O–H groups in total. The van der Waals surface area contributed by atoms with Gasteiger partial charge in [-0.1, -0.05) is 39.3 Å². The zero-order valence-corrected chi connectivity index (χ0v) is 8.80. The normalized spacial score (nSPS) is 26.1. The molecule has 0 aromatic carbocycles. The minimum atomic E-state index is 0.735. The molecule has 1 rings (SSSR count). The zero-order chi connectivity index (χ0) is 9.14. The van der Waals surface area contributed by atoms with Gasteiger partial charge in [-0.2, -0.15) is 0 Å². The van der Waals surface area contributed by atoms with E-state index in [9.17, 15) is 0 Å². The summed E-state index contributed by atoms with van der Waals surface area (Å²) in [7, 11) is 0. The van der Waals surface area contributed by atoms with Crippen LogP contribution in [0.25, 0.3) is 0 Å². The lowest BCUT2D eigenvalue weighted by Gasteiger charge is -2.31. The molecule has 0 aliphatic carbocycles. The Balaban J connectivity index is 2.61. The zero-order valence-electron chi connectivity index (χ0n) is 8.80. The summed E-state index contributed by atoms with van der Waals surface area (Å²) < 4.78 is 0. The number of nitrogens with zero attached hydrogens (tertiary/aromatic N) is 1. The van der Waals surface area contributed by atoms with Gasteiger partial charge in [-0.3, -0.25) is 4.90 Å². The highest BCUT2D eigenvalue weighted by atomic mass is 15.1. The van der Waals surface area contributed by atoms with Crippen LogP contribution < -0.4 is 0 Å². The highest BCUT2D eigenvalue weighted by Gasteiger charge is 2.19. The molecule has 0 aromatic heterocycles. The first-order valence-corrected chi connectivity index (χ1v) is 5.07. The maximum Gasteiger partial charge on any atom is 0.0166 e. The minimum absolute atomic E-state index is 0.735. The maximum absolute atomic E-state index is 2.50. The summed E-state index contributed by atoms with van der Waals surface area (Å²) >= 11 is 0. The molecule has 1 aliphatic rings. The smallest absolute Gasteiger partial charge is 0.0166 e. The van der Waals surface area contributed by atoms with E-state index in [2.05, 4.69) is 38.7 Å². The van der Waals surface area contributed by atoms with Crippen molar-refractivity contribution in [3.63, 3.8) is 0 Å². The summed E-state index contributed by atoms with van der Waals surface area (Å²) in [5.74, 6) is 1.50. The third kappa shape index (κ3) is 2.10. The molecule has 0 bridgehead atoms. The Morgan fingerprint density at radius 3 is 2.67 bits per heavy atom. The molecular formula is C11H21N. The first-order chi connectivity index (χ1) is 5.65. The van der Waals surface area contributed by atoms with Crippen molar-refractivity contribution in [2.24, 2.45) is 11.8 Å². The monoisotopic (exact) mass is 167 g/mol. The molecule has 1 heteroatoms. The van der Waals surface area contributed by atoms with Crippen molar-refractivity contribution in [1.29, 1.82) is 0 Å². The molecule has 1 nitrogen and oxygen atoms in total. The fraction of sp³-hybridized carbons (Fsp3) is 0.818. The lowest BCUT2D eigenvalue weighted by Crippen LogP contribution is -2.34. The van der Waals surface area contributed by atoms with Gasteiger partial charge in [0.05, 0.1) is 0 Å². The third-order valence-electron chi connectivity index (χ3n) is 2.80. The third-order valence-corrected chi connectivity index (χ3v) is 2.80. The standard InChI is InChI=1S/C11H21N/c1-5-12-7-6-11(9(2)3)10(4)8-12/h6,9-10H,5,7-8H2,1-4H3. The van der Waals surface area contributed by atoms with Crippen LogP contribution in [0.3, 0.4) is 0 Å². The first kappa shape index (κ1) is 9.79. The van der Waals surface area contributed by atoms with Gasteiger partial charge in [0.1, 0.15) is 0 Å². The molecule has 1 atom stereocenters. The van der Waals surface area contributed by atoms with Crippen molar-refractivity contribution < 1.29 is 0 Å². The van der Waals surface area contributed by atoms with Crippen LogP contribution in [0.15, 0.2) is 11.6 Å². The fourth-order valence-corrected chi connectivity index (χ4v) is 2.07. The van der Waals surface area contributed by atoms with Gasteiger partial charge < -0.3 is 0 Å². The van der Waals surface area contributed by atoms with E-state index in [1.807, 2.05) is 0 Å². The van der Waals surface area contributed by atoms with Gasteiger partial charge in [0.25, 0.3) is 0 Å². The second-order valence-corrected chi connectivity index (χ2v) is 4.11. The van der Waals surface area contributed by atoms with Crippen LogP contribution in [-0.2, 0) is 0 Å². The van der Waals surface area contributed by atoms with Crippen LogP contribution >= 0.6 is 0 Å². The molecular weight excluding hydrogens is 146 g/mol. The van der Waals surface area contributed by atoms with Gasteiger partial charge in [-0.25, -0.2) is 0 Å². The molecule has 0 spiro atoms. The van der Waals surface area contributed by atoms with E-state index in [4.69, 9.17) is 0 Å². The van der Waals surface area contributed by atoms with E-state index in [1.165, 1.54) is 13.1 Å². The molecule has 12 heavy (non-hydrogen) atoms. The van der Waals surface area contributed by atoms with E-state index in [0.717, 1.165) is 18.4 Å². The molecule has 0 amide bonds. The summed E-state index contributed by atoms with van der Waals surface area (Å²) in [6.45, 7) is 12.8. The second-order valence-electron chi connectivity index (χ2n) is 4.11. The van der Waals surface area contributed by atoms with Crippen LogP contribution in [0.4, 0.5) is 0 Å². The number of hydrogen-bond donors (Lipinski definition) is 0. The van der Waals surface area contributed by atoms with Crippen LogP contribution in [0.5, 0.6) is 0 Å². The Morgan fingerprint density at radius 1 is 1.58 bits per heavy atom. The van der Waals surface area contributed by atoms with E-state index >= 15 is 0 Å². The molecule has 0 radical (unpaired) electrons. The quantitative estimate of drug-likeness (QED) is 0.571. The number of rotatable bonds is 2. The van der Waals surface area contributed by atoms with Crippen molar-refractivity contribution in [1.82, 2.24) is 4.90 Å². The Morgan fingerprint density at radius 2 is 2.25 bits per heavy atom. The fourth-order valence-electron chi connectivity index (χ4n) is 2.07. The summed E-state index contributed by atoms with van der Waals surface area (Å²) in [5.41, 5.74) is 1.65. The summed E-state index contributed by atoms with van der Waals surface area (Å²) in [5, 5.41) is 0. The summed E-state index contributed by atoms with van der Waals surface area (Å²) in [4.78, 5) is 2.50. The Labute approximate surface area is 76.5 Å². The maximum atomic E-state index is 2.50. The van der Waals surface area contributed by atoms with Crippen molar-refractivity contribution in [3.05, 3.63) is 11.6 Å². The number of hydrogen-bond acceptors (Lipinski definition) is 1. The molecule has 1 unspecified atom stereocenters. The van der Waals surface area contributed by atoms with Crippen LogP contribution in [0.1, 0.15) is 27.7 Å². The molecule has 0 saturated heterocycles. The average molecular weight is 167 g/mol. The molecule has 0 aromatic rings. The number of likely N-dealkylation sites (N-methyl/N-ethyl adjacent to an activating group) is 1. The van der Waals surface area contributed by atoms with E-state index in [1.54, 1.807) is 5.57 Å². The minimum Gasteiger partial charge on any atom is -0.299 e. The summed E-state index contributed by atoms with van der Waals surface area (Å²) in [6, 6.07) is 0. The lowest BCUT2D eigenvalue weighted by molar-refractivity contribution is 0.264. The van der Waals surface area contributed by atoms with Gasteiger partial charge in [-0.15, -0.1) is 0 Å². The van der Waals surface area contributed by atoms with Gasteiger partial charge >= 0.3 is 0 Å².